The van der Waals surface area contributed by atoms with E-state index in [2.05, 4.69) is 10.3 Å². The van der Waals surface area contributed by atoms with E-state index in [9.17, 15) is 19.2 Å². The van der Waals surface area contributed by atoms with Gasteiger partial charge in [-0.2, -0.15) is 0 Å². The molecule has 0 amide bonds. The molecular formula is C34H43N5O9. The average Bonchev–Trinajstić information content (AvgIpc) is 3.75. The van der Waals surface area contributed by atoms with Gasteiger partial charge in [-0.25, -0.2) is 0 Å². The van der Waals surface area contributed by atoms with E-state index in [0.717, 1.165) is 47.0 Å². The van der Waals surface area contributed by atoms with Gasteiger partial charge in [0.2, 0.25) is 0 Å². The number of carboxylic acid groups (broad SMARTS) is 4. The fourth-order valence-electron chi connectivity index (χ4n) is 4.45. The molecule has 5 rings (SSSR count). The van der Waals surface area contributed by atoms with Crippen molar-refractivity contribution in [2.75, 3.05) is 6.54 Å². The minimum atomic E-state index is -1.02. The number of phenolic OH excluding ortho intramolecular Hbond substituents is 1. The van der Waals surface area contributed by atoms with E-state index in [1.54, 1.807) is 12.1 Å². The number of benzene rings is 3. The van der Waals surface area contributed by atoms with E-state index in [1.165, 1.54) is 12.1 Å². The van der Waals surface area contributed by atoms with Crippen molar-refractivity contribution < 1.29 is 44.7 Å². The highest BCUT2D eigenvalue weighted by Gasteiger charge is 2.20. The molecule has 48 heavy (non-hydrogen) atoms. The zero-order valence-electron chi connectivity index (χ0n) is 26.2. The Kier molecular flexibility index (Phi) is 16.3. The molecule has 1 aromatic heterocycles. The van der Waals surface area contributed by atoms with Crippen molar-refractivity contribution in [3.8, 4) is 5.75 Å². The van der Waals surface area contributed by atoms with E-state index < -0.39 is 42.0 Å². The van der Waals surface area contributed by atoms with Crippen LogP contribution in [-0.4, -0.2) is 85.1 Å². The Morgan fingerprint density at radius 3 is 1.67 bits per heavy atom. The normalized spacial score (nSPS) is 15.2. The summed E-state index contributed by atoms with van der Waals surface area (Å²) in [5, 5.41) is 47.0. The lowest BCUT2D eigenvalue weighted by Gasteiger charge is -2.05. The maximum absolute atomic E-state index is 10.6. The van der Waals surface area contributed by atoms with Crippen LogP contribution in [-0.2, 0) is 38.4 Å². The van der Waals surface area contributed by atoms with Crippen LogP contribution in [0.1, 0.15) is 29.5 Å². The second kappa shape index (κ2) is 20.1. The van der Waals surface area contributed by atoms with Gasteiger partial charge in [0.05, 0.1) is 0 Å². The van der Waals surface area contributed by atoms with Crippen LogP contribution in [0.5, 0.6) is 5.75 Å². The number of phenols is 1. The van der Waals surface area contributed by atoms with Gasteiger partial charge in [0, 0.05) is 23.5 Å². The second-order valence-electron chi connectivity index (χ2n) is 10.9. The molecule has 0 aliphatic carbocycles. The first kappa shape index (κ1) is 38.9. The molecule has 1 fully saturated rings. The van der Waals surface area contributed by atoms with Crippen molar-refractivity contribution in [3.63, 3.8) is 0 Å². The van der Waals surface area contributed by atoms with Crippen LogP contribution in [0.3, 0.4) is 0 Å². The summed E-state index contributed by atoms with van der Waals surface area (Å²) in [7, 11) is 0. The van der Waals surface area contributed by atoms with Crippen molar-refractivity contribution in [2.45, 2.75) is 56.3 Å². The van der Waals surface area contributed by atoms with E-state index in [-0.39, 0.29) is 18.2 Å². The quantitative estimate of drug-likeness (QED) is 0.116. The van der Waals surface area contributed by atoms with Crippen LogP contribution in [0.2, 0.25) is 0 Å². The number of fused-ring (bicyclic) bond motifs is 1. The number of nitrogens with one attached hydrogen (secondary N) is 2. The van der Waals surface area contributed by atoms with Crippen LogP contribution < -0.4 is 22.5 Å². The zero-order chi connectivity index (χ0) is 35.6. The number of aromatic nitrogens is 1. The standard InChI is InChI=1S/C11H12N2O2.C9H11NO3.C9H11NO2.C5H9NO2/c12-9(11(14)15)5-7-6-13-10-4-2-1-3-8(7)10;10-8(9(12)13)5-6-1-3-7(11)4-2-6;10-8(9(11)12)6-7-4-2-1-3-5-7;7-5(8)4-2-1-3-6-4/h1-4,6,9,13H,5,12H2,(H,14,15);1-4,8,11H,5,10H2,(H,12,13);1-5,8H,6,10H2,(H,11,12);4,6H,1-3H2,(H,7,8)/t;;;4-/m...0/s1. The Balaban J connectivity index is 0.000000227. The largest absolute Gasteiger partial charge is 0.508 e. The van der Waals surface area contributed by atoms with Gasteiger partial charge in [0.15, 0.2) is 0 Å². The van der Waals surface area contributed by atoms with Crippen molar-refractivity contribution >= 4 is 34.8 Å². The minimum absolute atomic E-state index is 0.160. The van der Waals surface area contributed by atoms with Crippen LogP contribution >= 0.6 is 0 Å². The summed E-state index contributed by atoms with van der Waals surface area (Å²) in [5.41, 5.74) is 19.9. The number of aliphatic carboxylic acids is 4. The first-order valence-electron chi connectivity index (χ1n) is 15.1. The highest BCUT2D eigenvalue weighted by molar-refractivity contribution is 5.84. The predicted octanol–water partition coefficient (Wildman–Crippen LogP) is 1.93. The number of carbonyl (C=O) groups is 4. The smallest absolute Gasteiger partial charge is 0.320 e. The van der Waals surface area contributed by atoms with Gasteiger partial charge >= 0.3 is 23.9 Å². The van der Waals surface area contributed by atoms with Gasteiger partial charge in [-0.05, 0) is 67.1 Å². The minimum Gasteiger partial charge on any atom is -0.508 e. The molecule has 3 unspecified atom stereocenters. The molecule has 4 aromatic rings. The molecule has 4 atom stereocenters. The van der Waals surface area contributed by atoms with E-state index in [4.69, 9.17) is 42.7 Å². The number of rotatable bonds is 10. The van der Waals surface area contributed by atoms with Crippen molar-refractivity contribution in [2.24, 2.45) is 17.2 Å². The fourth-order valence-corrected chi connectivity index (χ4v) is 4.45. The lowest BCUT2D eigenvalue weighted by Crippen LogP contribution is -2.32. The van der Waals surface area contributed by atoms with Crippen molar-refractivity contribution in [1.29, 1.82) is 0 Å². The number of nitrogens with two attached hydrogens (primary N) is 3. The lowest BCUT2D eigenvalue weighted by atomic mass is 10.1. The molecule has 0 spiro atoms. The van der Waals surface area contributed by atoms with E-state index in [1.807, 2.05) is 60.8 Å². The molecule has 0 bridgehead atoms. The molecule has 13 N–H and O–H groups in total. The lowest BCUT2D eigenvalue weighted by molar-refractivity contribution is -0.139. The van der Waals surface area contributed by atoms with E-state index >= 15 is 0 Å². The molecule has 1 aliphatic heterocycles. The first-order valence-corrected chi connectivity index (χ1v) is 15.1. The average molecular weight is 666 g/mol. The molecule has 1 saturated heterocycles. The van der Waals surface area contributed by atoms with E-state index in [0.29, 0.717) is 12.8 Å². The number of para-hydroxylation sites is 1. The summed E-state index contributed by atoms with van der Waals surface area (Å²) in [5.74, 6) is -3.51. The summed E-state index contributed by atoms with van der Waals surface area (Å²) in [6.07, 6.45) is 4.60. The summed E-state index contributed by atoms with van der Waals surface area (Å²) < 4.78 is 0. The molecule has 1 aliphatic rings. The number of aromatic hydroxyl groups is 1. The van der Waals surface area contributed by atoms with Gasteiger partial charge in [0.25, 0.3) is 0 Å². The number of aromatic amines is 1. The summed E-state index contributed by atoms with van der Waals surface area (Å²) in [4.78, 5) is 44.6. The first-order chi connectivity index (χ1) is 22.8. The Labute approximate surface area is 277 Å². The summed E-state index contributed by atoms with van der Waals surface area (Å²) in [6, 6.07) is 20.6. The molecular weight excluding hydrogens is 622 g/mol. The van der Waals surface area contributed by atoms with Crippen LogP contribution in [0, 0.1) is 0 Å². The van der Waals surface area contributed by atoms with Gasteiger partial charge in [-0.1, -0.05) is 60.7 Å². The topological polar surface area (TPSA) is 275 Å². The SMILES string of the molecule is NC(Cc1c[nH]c2ccccc12)C(=O)O.NC(Cc1ccc(O)cc1)C(=O)O.NC(Cc1ccccc1)C(=O)O.O=C(O)[C@@H]1CCCN1. The summed E-state index contributed by atoms with van der Waals surface area (Å²) in [6.45, 7) is 0.858. The molecule has 0 radical (unpaired) electrons. The fraction of sp³-hybridized carbons (Fsp3) is 0.294. The Morgan fingerprint density at radius 2 is 1.19 bits per heavy atom. The van der Waals surface area contributed by atoms with Crippen LogP contribution in [0.15, 0.2) is 85.1 Å². The molecule has 3 aromatic carbocycles. The number of hydrogen-bond donors (Lipinski definition) is 10. The van der Waals surface area contributed by atoms with Crippen LogP contribution in [0.4, 0.5) is 0 Å². The third-order valence-corrected chi connectivity index (χ3v) is 7.12. The number of hydrogen-bond acceptors (Lipinski definition) is 9. The third-order valence-electron chi connectivity index (χ3n) is 7.12. The van der Waals surface area contributed by atoms with Crippen molar-refractivity contribution in [1.82, 2.24) is 10.3 Å². The molecule has 2 heterocycles. The monoisotopic (exact) mass is 665 g/mol. The van der Waals surface area contributed by atoms with Crippen molar-refractivity contribution in [3.05, 3.63) is 102 Å². The Hall–Kier alpha value is -5.28. The number of carboxylic acids is 4. The van der Waals surface area contributed by atoms with Crippen LogP contribution in [0.25, 0.3) is 10.9 Å². The molecule has 14 nitrogen and oxygen atoms in total. The Morgan fingerprint density at radius 1 is 0.688 bits per heavy atom. The molecule has 0 saturated carbocycles. The third kappa shape index (κ3) is 14.0. The highest BCUT2D eigenvalue weighted by atomic mass is 16.4. The van der Waals surface area contributed by atoms with Gasteiger partial charge in [-0.3, -0.25) is 19.2 Å². The van der Waals surface area contributed by atoms with Gasteiger partial charge in [0.1, 0.15) is 29.9 Å². The van der Waals surface area contributed by atoms with Gasteiger partial charge < -0.3 is 53.0 Å². The zero-order valence-corrected chi connectivity index (χ0v) is 26.2. The molecule has 258 valence electrons. The number of H-pyrrole nitrogens is 1. The summed E-state index contributed by atoms with van der Waals surface area (Å²) >= 11 is 0. The maximum atomic E-state index is 10.6. The Bertz CT molecular complexity index is 1590. The predicted molar refractivity (Wildman–Crippen MR) is 179 cm³/mol. The molecule has 14 heteroatoms. The van der Waals surface area contributed by atoms with Gasteiger partial charge in [-0.15, -0.1) is 0 Å². The highest BCUT2D eigenvalue weighted by Crippen LogP contribution is 2.18. The maximum Gasteiger partial charge on any atom is 0.320 e. The second-order valence-corrected chi connectivity index (χ2v) is 10.9.